The molecular formula is C15H16FNO3. The average Bonchev–Trinajstić information content (AvgIpc) is 2.42. The molecular weight excluding hydrogens is 261 g/mol. The standard InChI is InChI=1S/C15H16FNO3/c1-4-12-9(3)14(20-15(18)19-5-2)11-8-10(16)6-7-13(11)17-12/h6-8H,4-5H2,1-3H3. The lowest BCUT2D eigenvalue weighted by Gasteiger charge is -2.13. The third-order valence-electron chi connectivity index (χ3n) is 3.01. The number of hydrogen-bond donors (Lipinski definition) is 0. The summed E-state index contributed by atoms with van der Waals surface area (Å²) in [5.41, 5.74) is 2.12. The fraction of sp³-hybridized carbons (Fsp3) is 0.333. The number of rotatable bonds is 3. The molecule has 0 fully saturated rings. The number of aryl methyl sites for hydroxylation is 1. The van der Waals surface area contributed by atoms with Gasteiger partial charge in [-0.15, -0.1) is 0 Å². The van der Waals surface area contributed by atoms with Crippen LogP contribution in [0, 0.1) is 12.7 Å². The average molecular weight is 277 g/mol. The molecule has 0 amide bonds. The van der Waals surface area contributed by atoms with Crippen molar-refractivity contribution in [3.8, 4) is 5.75 Å². The van der Waals surface area contributed by atoms with Gasteiger partial charge in [-0.3, -0.25) is 4.98 Å². The minimum atomic E-state index is -0.797. The van der Waals surface area contributed by atoms with E-state index in [2.05, 4.69) is 4.98 Å². The number of halogens is 1. The summed E-state index contributed by atoms with van der Waals surface area (Å²) in [7, 11) is 0. The molecule has 0 saturated heterocycles. The van der Waals surface area contributed by atoms with E-state index in [9.17, 15) is 9.18 Å². The molecule has 2 rings (SSSR count). The molecule has 0 bridgehead atoms. The third-order valence-corrected chi connectivity index (χ3v) is 3.01. The zero-order valence-corrected chi connectivity index (χ0v) is 11.7. The van der Waals surface area contributed by atoms with Crippen LogP contribution in [0.5, 0.6) is 5.75 Å². The van der Waals surface area contributed by atoms with E-state index in [1.165, 1.54) is 12.1 Å². The van der Waals surface area contributed by atoms with Crippen LogP contribution in [0.1, 0.15) is 25.1 Å². The van der Waals surface area contributed by atoms with E-state index in [0.717, 1.165) is 11.3 Å². The number of hydrogen-bond acceptors (Lipinski definition) is 4. The molecule has 0 aliphatic heterocycles. The molecule has 0 unspecified atom stereocenters. The highest BCUT2D eigenvalue weighted by Gasteiger charge is 2.16. The van der Waals surface area contributed by atoms with E-state index < -0.39 is 12.0 Å². The van der Waals surface area contributed by atoms with Crippen molar-refractivity contribution >= 4 is 17.1 Å². The van der Waals surface area contributed by atoms with Gasteiger partial charge < -0.3 is 9.47 Å². The van der Waals surface area contributed by atoms with Crippen LogP contribution in [-0.2, 0) is 11.2 Å². The van der Waals surface area contributed by atoms with Crippen molar-refractivity contribution in [2.75, 3.05) is 6.61 Å². The third kappa shape index (κ3) is 2.71. The Morgan fingerprint density at radius 1 is 1.35 bits per heavy atom. The summed E-state index contributed by atoms with van der Waals surface area (Å²) in [6.07, 6.45) is -0.104. The minimum Gasteiger partial charge on any atom is -0.434 e. The van der Waals surface area contributed by atoms with Crippen LogP contribution in [0.2, 0.25) is 0 Å². The number of ether oxygens (including phenoxy) is 2. The van der Waals surface area contributed by atoms with Crippen LogP contribution in [0.25, 0.3) is 10.9 Å². The van der Waals surface area contributed by atoms with Crippen molar-refractivity contribution in [1.29, 1.82) is 0 Å². The van der Waals surface area contributed by atoms with Crippen LogP contribution in [0.4, 0.5) is 9.18 Å². The van der Waals surface area contributed by atoms with E-state index in [1.807, 2.05) is 6.92 Å². The number of pyridine rings is 1. The molecule has 0 atom stereocenters. The van der Waals surface area contributed by atoms with Crippen LogP contribution in [0.3, 0.4) is 0 Å². The molecule has 2 aromatic rings. The topological polar surface area (TPSA) is 48.4 Å². The summed E-state index contributed by atoms with van der Waals surface area (Å²) < 4.78 is 23.4. The maximum absolute atomic E-state index is 13.4. The second kappa shape index (κ2) is 5.86. The lowest BCUT2D eigenvalue weighted by molar-refractivity contribution is 0.104. The monoisotopic (exact) mass is 277 g/mol. The largest absolute Gasteiger partial charge is 0.513 e. The number of carbonyl (C=O) groups is 1. The first-order valence-electron chi connectivity index (χ1n) is 6.50. The highest BCUT2D eigenvalue weighted by Crippen LogP contribution is 2.31. The van der Waals surface area contributed by atoms with E-state index in [4.69, 9.17) is 9.47 Å². The van der Waals surface area contributed by atoms with Gasteiger partial charge in [-0.1, -0.05) is 6.92 Å². The molecule has 1 aromatic heterocycles. The highest BCUT2D eigenvalue weighted by atomic mass is 19.1. The Kier molecular flexibility index (Phi) is 4.17. The molecule has 1 heterocycles. The van der Waals surface area contributed by atoms with Gasteiger partial charge >= 0.3 is 6.16 Å². The van der Waals surface area contributed by atoms with Crippen molar-refractivity contribution in [2.24, 2.45) is 0 Å². The molecule has 1 aromatic carbocycles. The Labute approximate surface area is 116 Å². The Bertz CT molecular complexity index is 655. The molecule has 0 aliphatic carbocycles. The molecule has 0 spiro atoms. The first-order chi connectivity index (χ1) is 9.56. The first kappa shape index (κ1) is 14.2. The van der Waals surface area contributed by atoms with Gasteiger partial charge in [-0.25, -0.2) is 9.18 Å². The van der Waals surface area contributed by atoms with Crippen molar-refractivity contribution in [2.45, 2.75) is 27.2 Å². The molecule has 20 heavy (non-hydrogen) atoms. The van der Waals surface area contributed by atoms with Crippen LogP contribution in [-0.4, -0.2) is 17.7 Å². The number of nitrogens with zero attached hydrogens (tertiary/aromatic N) is 1. The van der Waals surface area contributed by atoms with Gasteiger partial charge in [0.2, 0.25) is 0 Å². The minimum absolute atomic E-state index is 0.218. The van der Waals surface area contributed by atoms with Gasteiger partial charge in [0.15, 0.2) is 0 Å². The summed E-state index contributed by atoms with van der Waals surface area (Å²) in [5.74, 6) is -0.0959. The maximum atomic E-state index is 13.4. The molecule has 5 heteroatoms. The van der Waals surface area contributed by atoms with E-state index >= 15 is 0 Å². The van der Waals surface area contributed by atoms with Crippen molar-refractivity contribution in [3.05, 3.63) is 35.3 Å². The lowest BCUT2D eigenvalue weighted by atomic mass is 10.1. The Balaban J connectivity index is 2.61. The normalized spacial score (nSPS) is 10.6. The summed E-state index contributed by atoms with van der Waals surface area (Å²) in [6, 6.07) is 4.21. The fourth-order valence-corrected chi connectivity index (χ4v) is 2.06. The quantitative estimate of drug-likeness (QED) is 0.801. The number of benzene rings is 1. The SMILES string of the molecule is CCOC(=O)Oc1c(C)c(CC)nc2ccc(F)cc12. The first-order valence-corrected chi connectivity index (χ1v) is 6.50. The van der Waals surface area contributed by atoms with Gasteiger partial charge in [0.05, 0.1) is 12.1 Å². The number of carbonyl (C=O) groups excluding carboxylic acids is 1. The maximum Gasteiger partial charge on any atom is 0.513 e. The molecule has 0 N–H and O–H groups in total. The highest BCUT2D eigenvalue weighted by molar-refractivity contribution is 5.88. The zero-order chi connectivity index (χ0) is 14.7. The number of fused-ring (bicyclic) bond motifs is 1. The molecule has 106 valence electrons. The summed E-state index contributed by atoms with van der Waals surface area (Å²) in [6.45, 7) is 5.66. The smallest absolute Gasteiger partial charge is 0.434 e. The molecule has 0 radical (unpaired) electrons. The van der Waals surface area contributed by atoms with E-state index in [0.29, 0.717) is 23.1 Å². The predicted octanol–water partition coefficient (Wildman–Crippen LogP) is 3.78. The molecule has 0 aliphatic rings. The van der Waals surface area contributed by atoms with Gasteiger partial charge in [0, 0.05) is 16.6 Å². The van der Waals surface area contributed by atoms with E-state index in [1.54, 1.807) is 19.9 Å². The second-order valence-electron chi connectivity index (χ2n) is 4.31. The van der Waals surface area contributed by atoms with Crippen molar-refractivity contribution in [3.63, 3.8) is 0 Å². The summed E-state index contributed by atoms with van der Waals surface area (Å²) >= 11 is 0. The fourth-order valence-electron chi connectivity index (χ4n) is 2.06. The van der Waals surface area contributed by atoms with E-state index in [-0.39, 0.29) is 6.61 Å². The van der Waals surface area contributed by atoms with Gasteiger partial charge in [-0.2, -0.15) is 0 Å². The Hall–Kier alpha value is -2.17. The summed E-state index contributed by atoms with van der Waals surface area (Å²) in [5, 5.41) is 0.466. The Morgan fingerprint density at radius 3 is 2.75 bits per heavy atom. The van der Waals surface area contributed by atoms with Gasteiger partial charge in [0.25, 0.3) is 0 Å². The van der Waals surface area contributed by atoms with Crippen molar-refractivity contribution in [1.82, 2.24) is 4.98 Å². The molecule has 4 nitrogen and oxygen atoms in total. The van der Waals surface area contributed by atoms with Crippen LogP contribution < -0.4 is 4.74 Å². The number of aromatic nitrogens is 1. The summed E-state index contributed by atoms with van der Waals surface area (Å²) in [4.78, 5) is 16.0. The predicted molar refractivity (Wildman–Crippen MR) is 73.5 cm³/mol. The van der Waals surface area contributed by atoms with Crippen LogP contribution in [0.15, 0.2) is 18.2 Å². The van der Waals surface area contributed by atoms with Crippen LogP contribution >= 0.6 is 0 Å². The lowest BCUT2D eigenvalue weighted by Crippen LogP contribution is -2.12. The second-order valence-corrected chi connectivity index (χ2v) is 4.31. The van der Waals surface area contributed by atoms with Gasteiger partial charge in [0.1, 0.15) is 11.6 Å². The Morgan fingerprint density at radius 2 is 2.10 bits per heavy atom. The zero-order valence-electron chi connectivity index (χ0n) is 11.7. The van der Waals surface area contributed by atoms with Gasteiger partial charge in [-0.05, 0) is 38.5 Å². The van der Waals surface area contributed by atoms with Crippen molar-refractivity contribution < 1.29 is 18.7 Å². The molecule has 0 saturated carbocycles.